The summed E-state index contributed by atoms with van der Waals surface area (Å²) in [6, 6.07) is 4.98. The summed E-state index contributed by atoms with van der Waals surface area (Å²) in [7, 11) is 0. The Morgan fingerprint density at radius 1 is 1.60 bits per heavy atom. The Labute approximate surface area is 90.0 Å². The molecule has 1 aromatic rings. The Kier molecular flexibility index (Phi) is 4.46. The SMILES string of the molecule is C=CCC(Cc1ccc(F)cc1C)NN. The zero-order chi connectivity index (χ0) is 11.3. The van der Waals surface area contributed by atoms with Crippen LogP contribution in [0.3, 0.4) is 0 Å². The minimum atomic E-state index is -0.197. The molecule has 0 heterocycles. The van der Waals surface area contributed by atoms with Crippen LogP contribution >= 0.6 is 0 Å². The first-order valence-electron chi connectivity index (χ1n) is 4.99. The molecule has 1 unspecified atom stereocenters. The largest absolute Gasteiger partial charge is 0.271 e. The van der Waals surface area contributed by atoms with Crippen LogP contribution in [0.4, 0.5) is 4.39 Å². The normalized spacial score (nSPS) is 12.5. The fraction of sp³-hybridized carbons (Fsp3) is 0.333. The van der Waals surface area contributed by atoms with Crippen molar-refractivity contribution in [3.05, 3.63) is 47.8 Å². The monoisotopic (exact) mass is 208 g/mol. The minimum absolute atomic E-state index is 0.159. The van der Waals surface area contributed by atoms with Crippen molar-refractivity contribution in [2.24, 2.45) is 5.84 Å². The van der Waals surface area contributed by atoms with E-state index in [1.807, 2.05) is 13.0 Å². The van der Waals surface area contributed by atoms with Crippen molar-refractivity contribution < 1.29 is 4.39 Å². The van der Waals surface area contributed by atoms with E-state index < -0.39 is 0 Å². The Morgan fingerprint density at radius 3 is 2.87 bits per heavy atom. The molecule has 3 N–H and O–H groups in total. The van der Waals surface area contributed by atoms with E-state index in [2.05, 4.69) is 12.0 Å². The van der Waals surface area contributed by atoms with E-state index in [9.17, 15) is 4.39 Å². The lowest BCUT2D eigenvalue weighted by Crippen LogP contribution is -2.36. The molecule has 15 heavy (non-hydrogen) atoms. The van der Waals surface area contributed by atoms with Crippen LogP contribution in [0.1, 0.15) is 17.5 Å². The zero-order valence-electron chi connectivity index (χ0n) is 8.96. The smallest absolute Gasteiger partial charge is 0.123 e. The van der Waals surface area contributed by atoms with Crippen molar-refractivity contribution in [2.75, 3.05) is 0 Å². The van der Waals surface area contributed by atoms with E-state index >= 15 is 0 Å². The summed E-state index contributed by atoms with van der Waals surface area (Å²) in [5.74, 6) is 5.22. The number of halogens is 1. The second kappa shape index (κ2) is 5.63. The second-order valence-electron chi connectivity index (χ2n) is 3.66. The van der Waals surface area contributed by atoms with Gasteiger partial charge in [-0.15, -0.1) is 6.58 Å². The predicted molar refractivity (Wildman–Crippen MR) is 60.8 cm³/mol. The molecule has 1 aromatic carbocycles. The molecule has 1 atom stereocenters. The van der Waals surface area contributed by atoms with Gasteiger partial charge in [-0.2, -0.15) is 0 Å². The van der Waals surface area contributed by atoms with Gasteiger partial charge < -0.3 is 0 Å². The molecule has 82 valence electrons. The van der Waals surface area contributed by atoms with Crippen LogP contribution in [0.15, 0.2) is 30.9 Å². The van der Waals surface area contributed by atoms with Crippen LogP contribution in [-0.4, -0.2) is 6.04 Å². The number of nitrogens with two attached hydrogens (primary N) is 1. The molecule has 3 heteroatoms. The Hall–Kier alpha value is -1.19. The van der Waals surface area contributed by atoms with Gasteiger partial charge in [-0.3, -0.25) is 11.3 Å². The Morgan fingerprint density at radius 2 is 2.33 bits per heavy atom. The highest BCUT2D eigenvalue weighted by atomic mass is 19.1. The first kappa shape index (κ1) is 11.9. The van der Waals surface area contributed by atoms with E-state index in [4.69, 9.17) is 5.84 Å². The van der Waals surface area contributed by atoms with Gasteiger partial charge in [0.1, 0.15) is 5.82 Å². The molecule has 0 aliphatic carbocycles. The summed E-state index contributed by atoms with van der Waals surface area (Å²) < 4.78 is 12.9. The van der Waals surface area contributed by atoms with E-state index in [1.54, 1.807) is 6.07 Å². The molecule has 0 spiro atoms. The highest BCUT2D eigenvalue weighted by Gasteiger charge is 2.08. The molecular weight excluding hydrogens is 191 g/mol. The average molecular weight is 208 g/mol. The van der Waals surface area contributed by atoms with Crippen molar-refractivity contribution in [1.29, 1.82) is 0 Å². The maximum Gasteiger partial charge on any atom is 0.123 e. The minimum Gasteiger partial charge on any atom is -0.271 e. The maximum absolute atomic E-state index is 12.9. The van der Waals surface area contributed by atoms with E-state index in [0.29, 0.717) is 0 Å². The number of hydrogen-bond acceptors (Lipinski definition) is 2. The van der Waals surface area contributed by atoms with Gasteiger partial charge in [-0.1, -0.05) is 12.1 Å². The number of hydrogen-bond donors (Lipinski definition) is 2. The molecular formula is C12H17FN2. The van der Waals surface area contributed by atoms with Crippen LogP contribution in [-0.2, 0) is 6.42 Å². The molecule has 0 aliphatic rings. The topological polar surface area (TPSA) is 38.0 Å². The number of rotatable bonds is 5. The molecule has 0 saturated carbocycles. The van der Waals surface area contributed by atoms with Crippen LogP contribution < -0.4 is 11.3 Å². The van der Waals surface area contributed by atoms with E-state index in [1.165, 1.54) is 12.1 Å². The third-order valence-corrected chi connectivity index (χ3v) is 2.46. The third-order valence-electron chi connectivity index (χ3n) is 2.46. The quantitative estimate of drug-likeness (QED) is 0.442. The highest BCUT2D eigenvalue weighted by molar-refractivity contribution is 5.27. The molecule has 0 amide bonds. The summed E-state index contributed by atoms with van der Waals surface area (Å²) in [6.07, 6.45) is 3.41. The van der Waals surface area contributed by atoms with Gasteiger partial charge in [0.25, 0.3) is 0 Å². The zero-order valence-corrected chi connectivity index (χ0v) is 8.96. The number of aryl methyl sites for hydroxylation is 1. The first-order chi connectivity index (χ1) is 7.17. The van der Waals surface area contributed by atoms with Gasteiger partial charge in [0, 0.05) is 6.04 Å². The molecule has 0 aromatic heterocycles. The van der Waals surface area contributed by atoms with E-state index in [-0.39, 0.29) is 11.9 Å². The average Bonchev–Trinajstić information content (AvgIpc) is 2.21. The van der Waals surface area contributed by atoms with Crippen molar-refractivity contribution in [2.45, 2.75) is 25.8 Å². The van der Waals surface area contributed by atoms with Gasteiger partial charge in [-0.05, 0) is 43.0 Å². The summed E-state index contributed by atoms with van der Waals surface area (Å²) in [5.41, 5.74) is 4.80. The van der Waals surface area contributed by atoms with Crippen molar-refractivity contribution >= 4 is 0 Å². The van der Waals surface area contributed by atoms with Crippen LogP contribution in [0.25, 0.3) is 0 Å². The van der Waals surface area contributed by atoms with Gasteiger partial charge in [0.15, 0.2) is 0 Å². The summed E-state index contributed by atoms with van der Waals surface area (Å²) in [5, 5.41) is 0. The lowest BCUT2D eigenvalue weighted by Gasteiger charge is -2.15. The molecule has 0 radical (unpaired) electrons. The number of nitrogens with one attached hydrogen (secondary N) is 1. The highest BCUT2D eigenvalue weighted by Crippen LogP contribution is 2.13. The molecule has 0 bridgehead atoms. The third kappa shape index (κ3) is 3.46. The predicted octanol–water partition coefficient (Wildman–Crippen LogP) is 2.08. The van der Waals surface area contributed by atoms with Crippen molar-refractivity contribution in [1.82, 2.24) is 5.43 Å². The van der Waals surface area contributed by atoms with E-state index in [0.717, 1.165) is 24.0 Å². The number of benzene rings is 1. The Bertz CT molecular complexity index is 336. The lowest BCUT2D eigenvalue weighted by molar-refractivity contribution is 0.529. The van der Waals surface area contributed by atoms with Crippen LogP contribution in [0.5, 0.6) is 0 Å². The van der Waals surface area contributed by atoms with Gasteiger partial charge in [0.2, 0.25) is 0 Å². The van der Waals surface area contributed by atoms with Crippen molar-refractivity contribution in [3.8, 4) is 0 Å². The summed E-state index contributed by atoms with van der Waals surface area (Å²) in [6.45, 7) is 5.57. The fourth-order valence-corrected chi connectivity index (χ4v) is 1.57. The molecule has 1 rings (SSSR count). The summed E-state index contributed by atoms with van der Waals surface area (Å²) in [4.78, 5) is 0. The number of hydrazine groups is 1. The van der Waals surface area contributed by atoms with Crippen LogP contribution in [0, 0.1) is 12.7 Å². The summed E-state index contributed by atoms with van der Waals surface area (Å²) >= 11 is 0. The van der Waals surface area contributed by atoms with Crippen LogP contribution in [0.2, 0.25) is 0 Å². The van der Waals surface area contributed by atoms with Gasteiger partial charge >= 0.3 is 0 Å². The van der Waals surface area contributed by atoms with Crippen molar-refractivity contribution in [3.63, 3.8) is 0 Å². The van der Waals surface area contributed by atoms with Gasteiger partial charge in [-0.25, -0.2) is 4.39 Å². The molecule has 0 fully saturated rings. The maximum atomic E-state index is 12.9. The Balaban J connectivity index is 2.74. The molecule has 0 saturated heterocycles. The first-order valence-corrected chi connectivity index (χ1v) is 4.99. The second-order valence-corrected chi connectivity index (χ2v) is 3.66. The van der Waals surface area contributed by atoms with Gasteiger partial charge in [0.05, 0.1) is 0 Å². The fourth-order valence-electron chi connectivity index (χ4n) is 1.57. The lowest BCUT2D eigenvalue weighted by atomic mass is 9.99. The molecule has 2 nitrogen and oxygen atoms in total. The standard InChI is InChI=1S/C12H17FN2/c1-3-4-12(15-14)8-10-5-6-11(13)7-9(10)2/h3,5-7,12,15H,1,4,8,14H2,2H3. The molecule has 0 aliphatic heterocycles.